The first-order valence-electron chi connectivity index (χ1n) is 12.5. The number of carbonyl (C=O) groups excluding carboxylic acids is 2. The van der Waals surface area contributed by atoms with Gasteiger partial charge in [-0.15, -0.1) is 10.2 Å². The highest BCUT2D eigenvalue weighted by Gasteiger charge is 2.38. The minimum absolute atomic E-state index is 0.160. The van der Waals surface area contributed by atoms with E-state index in [0.29, 0.717) is 37.2 Å². The fourth-order valence-corrected chi connectivity index (χ4v) is 5.63. The fraction of sp³-hybridized carbons (Fsp3) is 0.423. The van der Waals surface area contributed by atoms with E-state index in [0.717, 1.165) is 37.4 Å². The van der Waals surface area contributed by atoms with Crippen molar-refractivity contribution in [1.29, 1.82) is 0 Å². The van der Waals surface area contributed by atoms with Crippen LogP contribution in [0.25, 0.3) is 17.1 Å². The third kappa shape index (κ3) is 5.68. The van der Waals surface area contributed by atoms with Gasteiger partial charge in [-0.2, -0.15) is 0 Å². The quantitative estimate of drug-likeness (QED) is 0.355. The molecule has 37 heavy (non-hydrogen) atoms. The summed E-state index contributed by atoms with van der Waals surface area (Å²) in [5, 5.41) is 8.52. The normalized spacial score (nSPS) is 17.4. The number of hydrogen-bond donors (Lipinski definition) is 0. The maximum atomic E-state index is 13.8. The highest BCUT2D eigenvalue weighted by molar-refractivity contribution is 8.01. The van der Waals surface area contributed by atoms with Gasteiger partial charge >= 0.3 is 0 Å². The van der Waals surface area contributed by atoms with Crippen molar-refractivity contribution in [2.75, 3.05) is 66.5 Å². The summed E-state index contributed by atoms with van der Waals surface area (Å²) in [6.45, 7) is 5.58. The third-order valence-corrected chi connectivity index (χ3v) is 7.98. The zero-order valence-corrected chi connectivity index (χ0v) is 22.0. The van der Waals surface area contributed by atoms with E-state index in [1.165, 1.54) is 11.8 Å². The van der Waals surface area contributed by atoms with Gasteiger partial charge < -0.3 is 19.6 Å². The van der Waals surface area contributed by atoms with Crippen LogP contribution in [-0.2, 0) is 9.59 Å². The summed E-state index contributed by atoms with van der Waals surface area (Å²) in [4.78, 5) is 39.9. The Hall–Kier alpha value is -3.28. The van der Waals surface area contributed by atoms with E-state index in [4.69, 9.17) is 0 Å². The fourth-order valence-electron chi connectivity index (χ4n) is 4.54. The third-order valence-electron chi connectivity index (χ3n) is 6.87. The van der Waals surface area contributed by atoms with Crippen molar-refractivity contribution < 1.29 is 9.59 Å². The number of benzene rings is 1. The van der Waals surface area contributed by atoms with Crippen LogP contribution < -0.4 is 0 Å². The molecule has 2 aliphatic rings. The van der Waals surface area contributed by atoms with Gasteiger partial charge in [-0.25, -0.2) is 0 Å². The van der Waals surface area contributed by atoms with Crippen LogP contribution in [0.5, 0.6) is 0 Å². The standard InChI is InChI=1S/C26H32N8O2S/c1-30-11-15-32(16-12-30)24(35)22(25(36)33-17-13-31(2)14-18-33)37-26-29-28-23(20-7-6-10-27-19-20)34(26)21-8-4-3-5-9-21/h3-10,19,22H,11-18H2,1-2H3. The van der Waals surface area contributed by atoms with Crippen molar-refractivity contribution in [3.05, 3.63) is 54.9 Å². The summed E-state index contributed by atoms with van der Waals surface area (Å²) in [5.41, 5.74) is 1.66. The van der Waals surface area contributed by atoms with E-state index in [-0.39, 0.29) is 11.8 Å². The first kappa shape index (κ1) is 25.4. The Morgan fingerprint density at radius 1 is 0.784 bits per heavy atom. The molecule has 0 unspecified atom stereocenters. The van der Waals surface area contributed by atoms with Gasteiger partial charge in [-0.1, -0.05) is 30.0 Å². The van der Waals surface area contributed by atoms with Gasteiger partial charge in [-0.3, -0.25) is 19.1 Å². The lowest BCUT2D eigenvalue weighted by Gasteiger charge is -2.37. The lowest BCUT2D eigenvalue weighted by atomic mass is 10.2. The summed E-state index contributed by atoms with van der Waals surface area (Å²) in [5.74, 6) is 0.291. The molecule has 10 nitrogen and oxygen atoms in total. The number of para-hydroxylation sites is 1. The van der Waals surface area contributed by atoms with Crippen LogP contribution in [0.2, 0.25) is 0 Å². The zero-order chi connectivity index (χ0) is 25.8. The van der Waals surface area contributed by atoms with Crippen LogP contribution >= 0.6 is 11.8 Å². The molecule has 0 spiro atoms. The average Bonchev–Trinajstić information content (AvgIpc) is 3.36. The van der Waals surface area contributed by atoms with Gasteiger partial charge in [0.05, 0.1) is 0 Å². The Bertz CT molecular complexity index is 1170. The van der Waals surface area contributed by atoms with Gasteiger partial charge in [0.1, 0.15) is 0 Å². The monoisotopic (exact) mass is 520 g/mol. The van der Waals surface area contributed by atoms with Crippen LogP contribution in [0.4, 0.5) is 0 Å². The predicted octanol–water partition coefficient (Wildman–Crippen LogP) is 1.34. The van der Waals surface area contributed by atoms with Crippen LogP contribution in [0.1, 0.15) is 0 Å². The van der Waals surface area contributed by atoms with Crippen molar-refractivity contribution in [3.8, 4) is 17.1 Å². The van der Waals surface area contributed by atoms with E-state index in [9.17, 15) is 9.59 Å². The molecule has 2 saturated heterocycles. The molecule has 2 amide bonds. The molecule has 0 radical (unpaired) electrons. The Morgan fingerprint density at radius 3 is 1.92 bits per heavy atom. The Morgan fingerprint density at radius 2 is 1.38 bits per heavy atom. The number of carbonyl (C=O) groups is 2. The lowest BCUT2D eigenvalue weighted by Crippen LogP contribution is -2.55. The molecule has 5 rings (SSSR count). The van der Waals surface area contributed by atoms with E-state index < -0.39 is 5.25 Å². The molecule has 0 atom stereocenters. The Balaban J connectivity index is 1.50. The molecule has 0 aliphatic carbocycles. The molecule has 194 valence electrons. The van der Waals surface area contributed by atoms with E-state index in [2.05, 4.69) is 25.0 Å². The number of amides is 2. The molecule has 0 bridgehead atoms. The molecule has 1 aromatic carbocycles. The number of nitrogens with zero attached hydrogens (tertiary/aromatic N) is 8. The average molecular weight is 521 g/mol. The molecule has 3 aromatic rings. The maximum Gasteiger partial charge on any atom is 0.245 e. The first-order chi connectivity index (χ1) is 18.0. The van der Waals surface area contributed by atoms with Gasteiger partial charge in [0.2, 0.25) is 11.8 Å². The number of rotatable bonds is 6. The highest BCUT2D eigenvalue weighted by atomic mass is 32.2. The summed E-state index contributed by atoms with van der Waals surface area (Å²) in [6, 6.07) is 13.5. The van der Waals surface area contributed by atoms with Crippen LogP contribution in [0.3, 0.4) is 0 Å². The largest absolute Gasteiger partial charge is 0.339 e. The van der Waals surface area contributed by atoms with Crippen molar-refractivity contribution in [2.45, 2.75) is 10.4 Å². The second-order valence-electron chi connectivity index (χ2n) is 9.47. The van der Waals surface area contributed by atoms with Crippen molar-refractivity contribution >= 4 is 23.6 Å². The van der Waals surface area contributed by atoms with Gasteiger partial charge in [0.25, 0.3) is 0 Å². The predicted molar refractivity (Wildman–Crippen MR) is 142 cm³/mol. The second kappa shape index (κ2) is 11.4. The summed E-state index contributed by atoms with van der Waals surface area (Å²) < 4.78 is 1.91. The zero-order valence-electron chi connectivity index (χ0n) is 21.2. The molecular weight excluding hydrogens is 488 g/mol. The molecule has 11 heteroatoms. The number of piperazine rings is 2. The summed E-state index contributed by atoms with van der Waals surface area (Å²) >= 11 is 1.19. The Kier molecular flexibility index (Phi) is 7.82. The topological polar surface area (TPSA) is 90.7 Å². The van der Waals surface area contributed by atoms with Crippen LogP contribution in [0, 0.1) is 0 Å². The number of hydrogen-bond acceptors (Lipinski definition) is 8. The first-order valence-corrected chi connectivity index (χ1v) is 13.4. The van der Waals surface area contributed by atoms with Crippen LogP contribution in [-0.4, -0.2) is 123 Å². The van der Waals surface area contributed by atoms with Crippen LogP contribution in [0.15, 0.2) is 60.0 Å². The van der Waals surface area contributed by atoms with Crippen molar-refractivity contribution in [3.63, 3.8) is 0 Å². The maximum absolute atomic E-state index is 13.8. The second-order valence-corrected chi connectivity index (χ2v) is 10.5. The van der Waals surface area contributed by atoms with E-state index in [1.807, 2.05) is 70.9 Å². The summed E-state index contributed by atoms with van der Waals surface area (Å²) in [7, 11) is 4.09. The summed E-state index contributed by atoms with van der Waals surface area (Å²) in [6.07, 6.45) is 3.45. The molecular formula is C26H32N8O2S. The van der Waals surface area contributed by atoms with Gasteiger partial charge in [0, 0.05) is 76.0 Å². The van der Waals surface area contributed by atoms with Gasteiger partial charge in [0.15, 0.2) is 16.2 Å². The van der Waals surface area contributed by atoms with E-state index in [1.54, 1.807) is 12.4 Å². The smallest absolute Gasteiger partial charge is 0.245 e. The van der Waals surface area contributed by atoms with E-state index >= 15 is 0 Å². The minimum atomic E-state index is -0.930. The highest BCUT2D eigenvalue weighted by Crippen LogP contribution is 2.32. The number of pyridine rings is 1. The number of aromatic nitrogens is 4. The molecule has 2 aromatic heterocycles. The molecule has 4 heterocycles. The Labute approximate surface area is 221 Å². The number of thioether (sulfide) groups is 1. The molecule has 0 saturated carbocycles. The minimum Gasteiger partial charge on any atom is -0.339 e. The van der Waals surface area contributed by atoms with Gasteiger partial charge in [-0.05, 0) is 38.4 Å². The molecule has 2 fully saturated rings. The van der Waals surface area contributed by atoms with Crippen molar-refractivity contribution in [2.24, 2.45) is 0 Å². The lowest BCUT2D eigenvalue weighted by molar-refractivity contribution is -0.141. The SMILES string of the molecule is CN1CCN(C(=O)C(Sc2nnc(-c3cccnc3)n2-c2ccccc2)C(=O)N2CCN(C)CC2)CC1. The molecule has 0 N–H and O–H groups in total. The number of likely N-dealkylation sites (N-methyl/N-ethyl adjacent to an activating group) is 2. The van der Waals surface area contributed by atoms with Crippen molar-refractivity contribution in [1.82, 2.24) is 39.3 Å². The molecule has 2 aliphatic heterocycles.